The van der Waals surface area contributed by atoms with Gasteiger partial charge in [-0.05, 0) is 18.9 Å². The zero-order valence-corrected chi connectivity index (χ0v) is 10.4. The molecule has 1 fully saturated rings. The molecule has 4 N–H and O–H groups in total. The lowest BCUT2D eigenvalue weighted by molar-refractivity contribution is -0.128. The molecule has 1 aliphatic rings. The Hall–Kier alpha value is -2.31. The number of likely N-dealkylation sites (tertiary alicyclic amines) is 1. The van der Waals surface area contributed by atoms with Crippen molar-refractivity contribution >= 4 is 23.4 Å². The second-order valence-electron chi connectivity index (χ2n) is 4.41. The summed E-state index contributed by atoms with van der Waals surface area (Å²) in [7, 11) is 0. The van der Waals surface area contributed by atoms with Gasteiger partial charge in [0.15, 0.2) is 0 Å². The van der Waals surface area contributed by atoms with Crippen molar-refractivity contribution in [3.8, 4) is 0 Å². The molecule has 0 atom stereocenters. The molecule has 7 nitrogen and oxygen atoms in total. The average molecular weight is 264 g/mol. The summed E-state index contributed by atoms with van der Waals surface area (Å²) >= 11 is 0. The SMILES string of the molecule is Nc1cc(C(=O)O)cnc1NCC(=O)N1CCCC1. The number of carboxylic acids is 1. The first kappa shape index (κ1) is 13.1. The van der Waals surface area contributed by atoms with Crippen molar-refractivity contribution in [3.05, 3.63) is 17.8 Å². The molecule has 1 amide bonds. The minimum Gasteiger partial charge on any atom is -0.478 e. The number of pyridine rings is 1. The maximum atomic E-state index is 11.8. The molecule has 2 rings (SSSR count). The van der Waals surface area contributed by atoms with E-state index < -0.39 is 5.97 Å². The van der Waals surface area contributed by atoms with Gasteiger partial charge in [0.2, 0.25) is 5.91 Å². The topological polar surface area (TPSA) is 109 Å². The summed E-state index contributed by atoms with van der Waals surface area (Å²) in [5.74, 6) is -0.752. The van der Waals surface area contributed by atoms with E-state index in [1.54, 1.807) is 4.90 Å². The van der Waals surface area contributed by atoms with Gasteiger partial charge in [-0.25, -0.2) is 9.78 Å². The molecule has 0 bridgehead atoms. The zero-order valence-electron chi connectivity index (χ0n) is 10.4. The standard InChI is InChI=1S/C12H16N4O3/c13-9-5-8(12(18)19)6-14-11(9)15-7-10(17)16-3-1-2-4-16/h5-6H,1-4,7,13H2,(H,14,15)(H,18,19). The Morgan fingerprint density at radius 1 is 1.42 bits per heavy atom. The van der Waals surface area contributed by atoms with Gasteiger partial charge in [-0.2, -0.15) is 0 Å². The number of anilines is 2. The molecule has 2 heterocycles. The van der Waals surface area contributed by atoms with Crippen LogP contribution in [0.15, 0.2) is 12.3 Å². The van der Waals surface area contributed by atoms with Gasteiger partial charge in [-0.1, -0.05) is 0 Å². The first-order chi connectivity index (χ1) is 9.08. The normalized spacial score (nSPS) is 14.4. The molecule has 0 unspecified atom stereocenters. The van der Waals surface area contributed by atoms with E-state index in [1.165, 1.54) is 12.3 Å². The van der Waals surface area contributed by atoms with Crippen LogP contribution in [0.25, 0.3) is 0 Å². The highest BCUT2D eigenvalue weighted by Crippen LogP contribution is 2.16. The first-order valence-corrected chi connectivity index (χ1v) is 6.08. The molecule has 0 aliphatic carbocycles. The maximum absolute atomic E-state index is 11.8. The van der Waals surface area contributed by atoms with Gasteiger partial charge in [0.25, 0.3) is 0 Å². The Morgan fingerprint density at radius 2 is 2.11 bits per heavy atom. The number of hydrogen-bond acceptors (Lipinski definition) is 5. The fourth-order valence-corrected chi connectivity index (χ4v) is 1.98. The third-order valence-corrected chi connectivity index (χ3v) is 3.03. The molecule has 0 spiro atoms. The van der Waals surface area contributed by atoms with Crippen LogP contribution >= 0.6 is 0 Å². The fourth-order valence-electron chi connectivity index (χ4n) is 1.98. The molecular weight excluding hydrogens is 248 g/mol. The van der Waals surface area contributed by atoms with E-state index in [0.29, 0.717) is 5.82 Å². The van der Waals surface area contributed by atoms with Crippen molar-refractivity contribution in [2.75, 3.05) is 30.7 Å². The van der Waals surface area contributed by atoms with Crippen LogP contribution in [0.1, 0.15) is 23.2 Å². The van der Waals surface area contributed by atoms with Crippen LogP contribution in [0, 0.1) is 0 Å². The largest absolute Gasteiger partial charge is 0.478 e. The van der Waals surface area contributed by atoms with Gasteiger partial charge in [-0.15, -0.1) is 0 Å². The molecule has 0 aromatic carbocycles. The lowest BCUT2D eigenvalue weighted by atomic mass is 10.2. The van der Waals surface area contributed by atoms with Crippen LogP contribution in [0.2, 0.25) is 0 Å². The summed E-state index contributed by atoms with van der Waals surface area (Å²) < 4.78 is 0. The van der Waals surface area contributed by atoms with Crippen molar-refractivity contribution < 1.29 is 14.7 Å². The van der Waals surface area contributed by atoms with E-state index in [-0.39, 0.29) is 23.7 Å². The number of aromatic nitrogens is 1. The molecule has 102 valence electrons. The average Bonchev–Trinajstić information content (AvgIpc) is 2.90. The summed E-state index contributed by atoms with van der Waals surface area (Å²) in [6.45, 7) is 1.70. The molecule has 0 radical (unpaired) electrons. The minimum atomic E-state index is -1.08. The monoisotopic (exact) mass is 264 g/mol. The van der Waals surface area contributed by atoms with Gasteiger partial charge in [0.1, 0.15) is 5.82 Å². The quantitative estimate of drug-likeness (QED) is 0.726. The van der Waals surface area contributed by atoms with E-state index >= 15 is 0 Å². The predicted molar refractivity (Wildman–Crippen MR) is 69.9 cm³/mol. The van der Waals surface area contributed by atoms with Crippen molar-refractivity contribution in [2.24, 2.45) is 0 Å². The zero-order chi connectivity index (χ0) is 13.8. The van der Waals surface area contributed by atoms with Crippen molar-refractivity contribution in [1.82, 2.24) is 9.88 Å². The number of carbonyl (C=O) groups is 2. The Labute approximate surface area is 110 Å². The molecule has 1 saturated heterocycles. The third kappa shape index (κ3) is 3.12. The summed E-state index contributed by atoms with van der Waals surface area (Å²) in [5.41, 5.74) is 5.92. The van der Waals surface area contributed by atoms with Crippen molar-refractivity contribution in [1.29, 1.82) is 0 Å². The molecule has 19 heavy (non-hydrogen) atoms. The Balaban J connectivity index is 1.95. The van der Waals surface area contributed by atoms with E-state index in [9.17, 15) is 9.59 Å². The van der Waals surface area contributed by atoms with Crippen LogP contribution in [0.4, 0.5) is 11.5 Å². The maximum Gasteiger partial charge on any atom is 0.337 e. The number of hydrogen-bond donors (Lipinski definition) is 3. The Morgan fingerprint density at radius 3 is 2.68 bits per heavy atom. The van der Waals surface area contributed by atoms with Crippen LogP contribution in [-0.4, -0.2) is 46.5 Å². The number of carbonyl (C=O) groups excluding carboxylic acids is 1. The van der Waals surface area contributed by atoms with E-state index in [4.69, 9.17) is 10.8 Å². The second-order valence-corrected chi connectivity index (χ2v) is 4.41. The predicted octanol–water partition coefficient (Wildman–Crippen LogP) is 0.396. The number of rotatable bonds is 4. The highest BCUT2D eigenvalue weighted by Gasteiger charge is 2.17. The number of nitrogen functional groups attached to an aromatic ring is 1. The summed E-state index contributed by atoms with van der Waals surface area (Å²) in [6, 6.07) is 1.32. The van der Waals surface area contributed by atoms with Crippen LogP contribution < -0.4 is 11.1 Å². The molecule has 7 heteroatoms. The number of aromatic carboxylic acids is 1. The van der Waals surface area contributed by atoms with Crippen molar-refractivity contribution in [2.45, 2.75) is 12.8 Å². The van der Waals surface area contributed by atoms with E-state index in [2.05, 4.69) is 10.3 Å². The van der Waals surface area contributed by atoms with Gasteiger partial charge < -0.3 is 21.1 Å². The summed E-state index contributed by atoms with van der Waals surface area (Å²) in [4.78, 5) is 28.2. The number of nitrogens with one attached hydrogen (secondary N) is 1. The Bertz CT molecular complexity index is 498. The third-order valence-electron chi connectivity index (χ3n) is 3.03. The van der Waals surface area contributed by atoms with Crippen LogP contribution in [0.5, 0.6) is 0 Å². The molecule has 0 saturated carbocycles. The van der Waals surface area contributed by atoms with E-state index in [1.807, 2.05) is 0 Å². The summed E-state index contributed by atoms with van der Waals surface area (Å²) in [6.07, 6.45) is 3.29. The van der Waals surface area contributed by atoms with Crippen molar-refractivity contribution in [3.63, 3.8) is 0 Å². The van der Waals surface area contributed by atoms with Gasteiger partial charge in [-0.3, -0.25) is 4.79 Å². The Kier molecular flexibility index (Phi) is 3.84. The lowest BCUT2D eigenvalue weighted by Crippen LogP contribution is -2.33. The molecule has 1 aromatic rings. The molecule has 1 aromatic heterocycles. The molecular formula is C12H16N4O3. The van der Waals surface area contributed by atoms with Gasteiger partial charge >= 0.3 is 5.97 Å². The second kappa shape index (κ2) is 5.55. The van der Waals surface area contributed by atoms with Gasteiger partial charge in [0, 0.05) is 19.3 Å². The highest BCUT2D eigenvalue weighted by molar-refractivity contribution is 5.89. The summed E-state index contributed by atoms with van der Waals surface area (Å²) in [5, 5.41) is 11.6. The van der Waals surface area contributed by atoms with Crippen LogP contribution in [-0.2, 0) is 4.79 Å². The number of amides is 1. The van der Waals surface area contributed by atoms with E-state index in [0.717, 1.165) is 25.9 Å². The minimum absolute atomic E-state index is 0.000936. The number of carboxylic acid groups (broad SMARTS) is 1. The number of nitrogens with two attached hydrogens (primary N) is 1. The smallest absolute Gasteiger partial charge is 0.337 e. The fraction of sp³-hybridized carbons (Fsp3) is 0.417. The first-order valence-electron chi connectivity index (χ1n) is 6.08. The molecule has 1 aliphatic heterocycles. The lowest BCUT2D eigenvalue weighted by Gasteiger charge is -2.16. The van der Waals surface area contributed by atoms with Gasteiger partial charge in [0.05, 0.1) is 17.8 Å². The van der Waals surface area contributed by atoms with Crippen LogP contribution in [0.3, 0.4) is 0 Å². The number of nitrogens with zero attached hydrogens (tertiary/aromatic N) is 2. The highest BCUT2D eigenvalue weighted by atomic mass is 16.4.